The summed E-state index contributed by atoms with van der Waals surface area (Å²) in [5, 5.41) is 12.6. The summed E-state index contributed by atoms with van der Waals surface area (Å²) in [4.78, 5) is 1.95. The topological polar surface area (TPSA) is 27.0 Å². The van der Waals surface area contributed by atoms with Crippen molar-refractivity contribution < 1.29 is 0 Å². The first kappa shape index (κ1) is 17.0. The average Bonchev–Trinajstić information content (AvgIpc) is 2.67. The van der Waals surface area contributed by atoms with Gasteiger partial charge in [0, 0.05) is 17.1 Å². The van der Waals surface area contributed by atoms with E-state index in [0.717, 1.165) is 17.7 Å². The van der Waals surface area contributed by atoms with Crippen molar-refractivity contribution in [3.63, 3.8) is 0 Å². The van der Waals surface area contributed by atoms with Gasteiger partial charge in [0.05, 0.1) is 6.04 Å². The zero-order valence-electron chi connectivity index (χ0n) is 14.0. The molecule has 0 aromatic heterocycles. The van der Waals surface area contributed by atoms with Gasteiger partial charge in [-0.15, -0.1) is 0 Å². The number of hydrogen-bond donors (Lipinski definition) is 0. The van der Waals surface area contributed by atoms with E-state index in [0.29, 0.717) is 5.02 Å². The molecule has 2 atom stereocenters. The molecular formula is C22H17ClN2S. The van der Waals surface area contributed by atoms with Gasteiger partial charge in [-0.3, -0.25) is 0 Å². The van der Waals surface area contributed by atoms with Gasteiger partial charge in [-0.05, 0) is 47.2 Å². The van der Waals surface area contributed by atoms with Crippen molar-refractivity contribution in [3.8, 4) is 5.40 Å². The lowest BCUT2D eigenvalue weighted by Crippen LogP contribution is -2.57. The van der Waals surface area contributed by atoms with Crippen molar-refractivity contribution in [1.29, 1.82) is 5.26 Å². The zero-order chi connectivity index (χ0) is 18.0. The van der Waals surface area contributed by atoms with Crippen molar-refractivity contribution in [2.45, 2.75) is 17.3 Å². The van der Waals surface area contributed by atoms with E-state index in [2.05, 4.69) is 46.7 Å². The number of benzene rings is 3. The third-order valence-corrected chi connectivity index (χ3v) is 6.18. The summed E-state index contributed by atoms with van der Waals surface area (Å²) in [6, 6.07) is 28.9. The van der Waals surface area contributed by atoms with Gasteiger partial charge >= 0.3 is 0 Å². The maximum absolute atomic E-state index is 9.56. The van der Waals surface area contributed by atoms with Crippen LogP contribution in [0.1, 0.15) is 23.6 Å². The van der Waals surface area contributed by atoms with Crippen LogP contribution in [0, 0.1) is 10.7 Å². The molecule has 4 rings (SSSR count). The molecule has 0 N–H and O–H groups in total. The van der Waals surface area contributed by atoms with Crippen LogP contribution in [0.5, 0.6) is 0 Å². The van der Waals surface area contributed by atoms with Crippen LogP contribution in [-0.4, -0.2) is 0 Å². The van der Waals surface area contributed by atoms with E-state index in [1.807, 2.05) is 48.5 Å². The molecule has 128 valence electrons. The summed E-state index contributed by atoms with van der Waals surface area (Å²) >= 11 is 7.41. The fourth-order valence-electron chi connectivity index (χ4n) is 3.70. The molecule has 0 spiro atoms. The Morgan fingerprint density at radius 2 is 1.54 bits per heavy atom. The monoisotopic (exact) mass is 376 g/mol. The van der Waals surface area contributed by atoms with E-state index in [9.17, 15) is 5.26 Å². The number of rotatable bonds is 4. The zero-order valence-corrected chi connectivity index (χ0v) is 15.6. The molecule has 1 aliphatic rings. The molecule has 0 radical (unpaired) electrons. The quantitative estimate of drug-likeness (QED) is 0.496. The van der Waals surface area contributed by atoms with Crippen molar-refractivity contribution in [3.05, 3.63) is 101 Å². The Kier molecular flexibility index (Phi) is 4.63. The summed E-state index contributed by atoms with van der Waals surface area (Å²) < 4.78 is 0. The predicted octanol–water partition coefficient (Wildman–Crippen LogP) is 6.36. The Hall–Kier alpha value is -2.41. The van der Waals surface area contributed by atoms with Gasteiger partial charge in [0.1, 0.15) is 10.3 Å². The van der Waals surface area contributed by atoms with Crippen LogP contribution < -0.4 is 4.90 Å². The minimum absolute atomic E-state index is 0.232. The highest BCUT2D eigenvalue weighted by molar-refractivity contribution is 8.04. The molecule has 4 heteroatoms. The molecule has 1 aliphatic heterocycles. The summed E-state index contributed by atoms with van der Waals surface area (Å²) in [5.41, 5.74) is 3.48. The molecule has 1 heterocycles. The molecule has 0 saturated carbocycles. The summed E-state index contributed by atoms with van der Waals surface area (Å²) in [5.74, 6) is 0. The van der Waals surface area contributed by atoms with Crippen molar-refractivity contribution in [2.24, 2.45) is 0 Å². The molecule has 0 aliphatic carbocycles. The Labute approximate surface area is 163 Å². The standard InChI is InChI=1S/C22H17ClN2S/c23-19-13-11-18(12-14-19)22(26-16-24)15-21(17-7-3-1-4-8-17)25(22)20-9-5-2-6-10-20/h1-14,21H,15H2/t21-,22-/m0/s1. The van der Waals surface area contributed by atoms with Crippen molar-refractivity contribution >= 4 is 29.1 Å². The minimum atomic E-state index is -0.415. The molecular weight excluding hydrogens is 360 g/mol. The number of hydrogen-bond acceptors (Lipinski definition) is 3. The number of nitriles is 1. The van der Waals surface area contributed by atoms with E-state index in [1.165, 1.54) is 17.3 Å². The number of para-hydroxylation sites is 1. The highest BCUT2D eigenvalue weighted by Gasteiger charge is 2.54. The van der Waals surface area contributed by atoms with E-state index >= 15 is 0 Å². The maximum Gasteiger partial charge on any atom is 0.136 e. The van der Waals surface area contributed by atoms with Crippen molar-refractivity contribution in [1.82, 2.24) is 0 Å². The maximum atomic E-state index is 9.56. The van der Waals surface area contributed by atoms with Crippen LogP contribution in [0.15, 0.2) is 84.9 Å². The normalized spacial score (nSPS) is 21.7. The van der Waals surface area contributed by atoms with E-state index in [-0.39, 0.29) is 6.04 Å². The second-order valence-corrected chi connectivity index (χ2v) is 7.82. The van der Waals surface area contributed by atoms with Crippen LogP contribution >= 0.6 is 23.4 Å². The second-order valence-electron chi connectivity index (χ2n) is 6.32. The first-order valence-corrected chi connectivity index (χ1v) is 9.66. The number of thiocyanates is 1. The van der Waals surface area contributed by atoms with Gasteiger partial charge in [-0.1, -0.05) is 72.3 Å². The first-order valence-electron chi connectivity index (χ1n) is 8.47. The molecule has 3 aromatic rings. The summed E-state index contributed by atoms with van der Waals surface area (Å²) in [6.07, 6.45) is 0.867. The fourth-order valence-corrected chi connectivity index (χ4v) is 4.81. The Morgan fingerprint density at radius 1 is 0.923 bits per heavy atom. The van der Waals surface area contributed by atoms with Crippen LogP contribution in [0.3, 0.4) is 0 Å². The number of thioether (sulfide) groups is 1. The van der Waals surface area contributed by atoms with Crippen LogP contribution in [0.2, 0.25) is 5.02 Å². The van der Waals surface area contributed by atoms with E-state index in [1.54, 1.807) is 0 Å². The Bertz CT molecular complexity index is 922. The highest BCUT2D eigenvalue weighted by Crippen LogP contribution is 2.60. The number of anilines is 1. The van der Waals surface area contributed by atoms with Crippen LogP contribution in [0.4, 0.5) is 5.69 Å². The van der Waals surface area contributed by atoms with Crippen LogP contribution in [-0.2, 0) is 4.87 Å². The lowest BCUT2D eigenvalue weighted by molar-refractivity contribution is 0.315. The van der Waals surface area contributed by atoms with Gasteiger partial charge in [-0.25, -0.2) is 0 Å². The van der Waals surface area contributed by atoms with E-state index in [4.69, 9.17) is 11.6 Å². The van der Waals surface area contributed by atoms with Gasteiger partial charge in [0.2, 0.25) is 0 Å². The lowest BCUT2D eigenvalue weighted by atomic mass is 9.82. The summed E-state index contributed by atoms with van der Waals surface area (Å²) in [7, 11) is 0. The van der Waals surface area contributed by atoms with E-state index < -0.39 is 4.87 Å². The largest absolute Gasteiger partial charge is 0.345 e. The molecule has 1 saturated heterocycles. The molecule has 2 nitrogen and oxygen atoms in total. The van der Waals surface area contributed by atoms with Crippen LogP contribution in [0.25, 0.3) is 0 Å². The smallest absolute Gasteiger partial charge is 0.136 e. The molecule has 1 fully saturated rings. The molecule has 0 amide bonds. The van der Waals surface area contributed by atoms with Crippen molar-refractivity contribution in [2.75, 3.05) is 4.90 Å². The molecule has 26 heavy (non-hydrogen) atoms. The van der Waals surface area contributed by atoms with Gasteiger partial charge in [0.15, 0.2) is 0 Å². The fraction of sp³-hybridized carbons (Fsp3) is 0.136. The molecule has 0 unspecified atom stereocenters. The molecule has 0 bridgehead atoms. The van der Waals surface area contributed by atoms with Gasteiger partial charge in [0.25, 0.3) is 0 Å². The Balaban J connectivity index is 1.83. The second kappa shape index (κ2) is 7.07. The number of halogens is 1. The highest BCUT2D eigenvalue weighted by atomic mass is 35.5. The predicted molar refractivity (Wildman–Crippen MR) is 109 cm³/mol. The first-order chi connectivity index (χ1) is 12.7. The SMILES string of the molecule is N#CS[C@]1(c2ccc(Cl)cc2)C[C@@H](c2ccccc2)N1c1ccccc1. The minimum Gasteiger partial charge on any atom is -0.345 e. The third-order valence-electron chi connectivity index (χ3n) is 4.90. The van der Waals surface area contributed by atoms with Gasteiger partial charge < -0.3 is 4.90 Å². The average molecular weight is 377 g/mol. The van der Waals surface area contributed by atoms with Gasteiger partial charge in [-0.2, -0.15) is 5.26 Å². The number of nitrogens with zero attached hydrogens (tertiary/aromatic N) is 2. The lowest BCUT2D eigenvalue weighted by Gasteiger charge is -2.58. The Morgan fingerprint density at radius 3 is 2.15 bits per heavy atom. The third kappa shape index (κ3) is 2.86. The molecule has 3 aromatic carbocycles. The summed E-state index contributed by atoms with van der Waals surface area (Å²) in [6.45, 7) is 0.